The molecule has 1 aliphatic rings. The number of hydrogen-bond donors (Lipinski definition) is 2. The number of carboxylic acids is 1. The van der Waals surface area contributed by atoms with Crippen LogP contribution in [0.1, 0.15) is 38.0 Å². The molecule has 0 atom stereocenters. The van der Waals surface area contributed by atoms with Gasteiger partial charge in [-0.2, -0.15) is 0 Å². The summed E-state index contributed by atoms with van der Waals surface area (Å²) < 4.78 is 0. The molecular weight excluding hydrogens is 294 g/mol. The standard InChI is InChI=1S/C11H8O2.C7H7NO2/c1-7-6-10(12)8-4-2-3-5-9(8)11(7)13;8-6-3-1-5(2-4-6)7(9)10/h2-6H,1H3;1-4H,8H2,(H,9,10). The van der Waals surface area contributed by atoms with Crippen LogP contribution < -0.4 is 5.73 Å². The highest BCUT2D eigenvalue weighted by Gasteiger charge is 2.21. The molecular formula is C18H15NO4. The predicted octanol–water partition coefficient (Wildman–Crippen LogP) is 2.98. The molecule has 0 heterocycles. The first kappa shape index (κ1) is 16.2. The molecule has 0 aromatic heterocycles. The second-order valence-corrected chi connectivity index (χ2v) is 4.99. The van der Waals surface area contributed by atoms with Crippen molar-refractivity contribution in [2.75, 3.05) is 5.73 Å². The molecule has 0 bridgehead atoms. The van der Waals surface area contributed by atoms with E-state index in [0.29, 0.717) is 22.4 Å². The zero-order valence-corrected chi connectivity index (χ0v) is 12.4. The largest absolute Gasteiger partial charge is 0.478 e. The van der Waals surface area contributed by atoms with Crippen LogP contribution in [-0.4, -0.2) is 22.6 Å². The van der Waals surface area contributed by atoms with Gasteiger partial charge < -0.3 is 10.8 Å². The summed E-state index contributed by atoms with van der Waals surface area (Å²) in [6.45, 7) is 1.66. The van der Waals surface area contributed by atoms with Gasteiger partial charge >= 0.3 is 5.97 Å². The molecule has 2 aromatic rings. The molecule has 0 saturated heterocycles. The molecule has 1 aliphatic carbocycles. The summed E-state index contributed by atoms with van der Waals surface area (Å²) in [5.74, 6) is -1.05. The van der Waals surface area contributed by atoms with Gasteiger partial charge in [0.1, 0.15) is 0 Å². The Morgan fingerprint density at radius 2 is 1.52 bits per heavy atom. The molecule has 0 saturated carbocycles. The van der Waals surface area contributed by atoms with Crippen molar-refractivity contribution < 1.29 is 19.5 Å². The minimum absolute atomic E-state index is 0.0461. The van der Waals surface area contributed by atoms with E-state index in [2.05, 4.69) is 0 Å². The Morgan fingerprint density at radius 3 is 2.09 bits per heavy atom. The van der Waals surface area contributed by atoms with E-state index in [9.17, 15) is 14.4 Å². The van der Waals surface area contributed by atoms with Crippen molar-refractivity contribution in [1.82, 2.24) is 0 Å². The second-order valence-electron chi connectivity index (χ2n) is 4.99. The summed E-state index contributed by atoms with van der Waals surface area (Å²) in [5, 5.41) is 8.43. The molecule has 0 aliphatic heterocycles. The van der Waals surface area contributed by atoms with Crippen LogP contribution in [0.25, 0.3) is 0 Å². The lowest BCUT2D eigenvalue weighted by molar-refractivity contribution is 0.0696. The average molecular weight is 309 g/mol. The van der Waals surface area contributed by atoms with Crippen LogP contribution in [0.3, 0.4) is 0 Å². The summed E-state index contributed by atoms with van der Waals surface area (Å²) >= 11 is 0. The van der Waals surface area contributed by atoms with Gasteiger partial charge in [-0.25, -0.2) is 4.79 Å². The molecule has 5 nitrogen and oxygen atoms in total. The molecule has 0 fully saturated rings. The summed E-state index contributed by atoms with van der Waals surface area (Å²) in [7, 11) is 0. The number of benzene rings is 2. The van der Waals surface area contributed by atoms with E-state index in [1.165, 1.54) is 18.2 Å². The number of nitrogens with two attached hydrogens (primary N) is 1. The first-order valence-electron chi connectivity index (χ1n) is 6.85. The van der Waals surface area contributed by atoms with E-state index in [4.69, 9.17) is 10.8 Å². The van der Waals surface area contributed by atoms with Crippen LogP contribution in [0.2, 0.25) is 0 Å². The maximum absolute atomic E-state index is 11.5. The minimum Gasteiger partial charge on any atom is -0.478 e. The van der Waals surface area contributed by atoms with Crippen molar-refractivity contribution >= 4 is 23.2 Å². The normalized spacial score (nSPS) is 12.7. The Hall–Kier alpha value is -3.21. The van der Waals surface area contributed by atoms with Gasteiger partial charge in [0.15, 0.2) is 11.6 Å². The highest BCUT2D eigenvalue weighted by molar-refractivity contribution is 6.24. The quantitative estimate of drug-likeness (QED) is 0.789. The first-order chi connectivity index (χ1) is 10.9. The Bertz CT molecular complexity index is 804. The smallest absolute Gasteiger partial charge is 0.335 e. The number of ketones is 2. The van der Waals surface area contributed by atoms with E-state index in [1.54, 1.807) is 43.3 Å². The molecule has 0 amide bonds. The van der Waals surface area contributed by atoms with Gasteiger partial charge in [0.2, 0.25) is 0 Å². The number of carboxylic acid groups (broad SMARTS) is 1. The third-order valence-corrected chi connectivity index (χ3v) is 3.30. The summed E-state index contributed by atoms with van der Waals surface area (Å²) in [5.41, 5.74) is 7.72. The van der Waals surface area contributed by atoms with Gasteiger partial charge in [-0.15, -0.1) is 0 Å². The van der Waals surface area contributed by atoms with Gasteiger partial charge in [-0.3, -0.25) is 9.59 Å². The molecule has 2 aromatic carbocycles. The number of carbonyl (C=O) groups excluding carboxylic acids is 2. The van der Waals surface area contributed by atoms with Crippen molar-refractivity contribution in [2.24, 2.45) is 0 Å². The van der Waals surface area contributed by atoms with Gasteiger partial charge in [-0.1, -0.05) is 24.3 Å². The molecule has 3 rings (SSSR count). The molecule has 3 N–H and O–H groups in total. The van der Waals surface area contributed by atoms with Crippen molar-refractivity contribution in [3.63, 3.8) is 0 Å². The van der Waals surface area contributed by atoms with Crippen LogP contribution in [-0.2, 0) is 0 Å². The number of aromatic carboxylic acids is 1. The first-order valence-corrected chi connectivity index (χ1v) is 6.85. The van der Waals surface area contributed by atoms with Crippen LogP contribution >= 0.6 is 0 Å². The van der Waals surface area contributed by atoms with Crippen LogP contribution in [0, 0.1) is 0 Å². The van der Waals surface area contributed by atoms with Gasteiger partial charge in [0, 0.05) is 22.4 Å². The van der Waals surface area contributed by atoms with Crippen LogP contribution in [0.15, 0.2) is 60.2 Å². The third kappa shape index (κ3) is 3.71. The van der Waals surface area contributed by atoms with E-state index >= 15 is 0 Å². The third-order valence-electron chi connectivity index (χ3n) is 3.30. The lowest BCUT2D eigenvalue weighted by Crippen LogP contribution is -2.14. The fourth-order valence-electron chi connectivity index (χ4n) is 2.07. The molecule has 0 spiro atoms. The van der Waals surface area contributed by atoms with Gasteiger partial charge in [0.25, 0.3) is 0 Å². The second kappa shape index (κ2) is 6.70. The van der Waals surface area contributed by atoms with Gasteiger partial charge in [-0.05, 0) is 37.3 Å². The van der Waals surface area contributed by atoms with E-state index in [0.717, 1.165) is 0 Å². The van der Waals surface area contributed by atoms with Crippen LogP contribution in [0.4, 0.5) is 5.69 Å². The maximum atomic E-state index is 11.5. The van der Waals surface area contributed by atoms with Crippen molar-refractivity contribution in [2.45, 2.75) is 6.92 Å². The van der Waals surface area contributed by atoms with Crippen molar-refractivity contribution in [3.05, 3.63) is 76.9 Å². The Morgan fingerprint density at radius 1 is 0.957 bits per heavy atom. The number of anilines is 1. The number of rotatable bonds is 1. The highest BCUT2D eigenvalue weighted by Crippen LogP contribution is 2.20. The average Bonchev–Trinajstić information content (AvgIpc) is 2.54. The Balaban J connectivity index is 0.000000174. The number of carbonyl (C=O) groups is 3. The van der Waals surface area contributed by atoms with Crippen molar-refractivity contribution in [1.29, 1.82) is 0 Å². The molecule has 0 radical (unpaired) electrons. The highest BCUT2D eigenvalue weighted by atomic mass is 16.4. The Kier molecular flexibility index (Phi) is 4.71. The molecule has 116 valence electrons. The van der Waals surface area contributed by atoms with Crippen LogP contribution in [0.5, 0.6) is 0 Å². The van der Waals surface area contributed by atoms with E-state index in [1.807, 2.05) is 0 Å². The lowest BCUT2D eigenvalue weighted by atomic mass is 9.90. The minimum atomic E-state index is -0.931. The Labute approximate surface area is 133 Å². The topological polar surface area (TPSA) is 97.5 Å². The number of Topliss-reactive ketones (excluding diaryl/α,β-unsaturated/α-hetero) is 1. The number of allylic oxidation sites excluding steroid dienone is 2. The summed E-state index contributed by atoms with van der Waals surface area (Å²) in [6.07, 6.45) is 1.39. The predicted molar refractivity (Wildman–Crippen MR) is 86.7 cm³/mol. The van der Waals surface area contributed by atoms with E-state index < -0.39 is 5.97 Å². The molecule has 5 heteroatoms. The maximum Gasteiger partial charge on any atom is 0.335 e. The monoisotopic (exact) mass is 309 g/mol. The SMILES string of the molecule is CC1=CC(=O)c2ccccc2C1=O.Nc1ccc(C(=O)O)cc1. The fourth-order valence-corrected chi connectivity index (χ4v) is 2.07. The zero-order chi connectivity index (χ0) is 17.0. The summed E-state index contributed by atoms with van der Waals surface area (Å²) in [6, 6.07) is 13.0. The molecule has 23 heavy (non-hydrogen) atoms. The molecule has 0 unspecified atom stereocenters. The zero-order valence-electron chi connectivity index (χ0n) is 12.4. The number of hydrogen-bond acceptors (Lipinski definition) is 4. The van der Waals surface area contributed by atoms with Gasteiger partial charge in [0.05, 0.1) is 5.56 Å². The van der Waals surface area contributed by atoms with Crippen molar-refractivity contribution in [3.8, 4) is 0 Å². The summed E-state index contributed by atoms with van der Waals surface area (Å²) in [4.78, 5) is 33.2. The fraction of sp³-hybridized carbons (Fsp3) is 0.0556. The van der Waals surface area contributed by atoms with E-state index in [-0.39, 0.29) is 17.1 Å². The lowest BCUT2D eigenvalue weighted by Gasteiger charge is -2.11. The number of fused-ring (bicyclic) bond motifs is 1. The number of nitrogen functional groups attached to an aromatic ring is 1.